The number of rotatable bonds is 2. The van der Waals surface area contributed by atoms with Crippen molar-refractivity contribution in [3.05, 3.63) is 34.1 Å². The summed E-state index contributed by atoms with van der Waals surface area (Å²) in [7, 11) is 0. The summed E-state index contributed by atoms with van der Waals surface area (Å²) >= 11 is 3.26. The average molecular weight is 323 g/mol. The lowest BCUT2D eigenvalue weighted by molar-refractivity contribution is 0.0891. The zero-order valence-electron chi connectivity index (χ0n) is 9.21. The Kier molecular flexibility index (Phi) is 5.56. The second kappa shape index (κ2) is 6.47. The van der Waals surface area contributed by atoms with Crippen molar-refractivity contribution in [2.24, 2.45) is 5.92 Å². The van der Waals surface area contributed by atoms with Crippen LogP contribution in [-0.2, 0) is 0 Å². The molecule has 1 aromatic carbocycles. The lowest BCUT2D eigenvalue weighted by Gasteiger charge is -2.21. The van der Waals surface area contributed by atoms with Crippen LogP contribution >= 0.6 is 28.3 Å². The average Bonchev–Trinajstić information content (AvgIpc) is 2.32. The van der Waals surface area contributed by atoms with E-state index in [0.717, 1.165) is 30.4 Å². The number of carbonyl (C=O) groups is 1. The summed E-state index contributed by atoms with van der Waals surface area (Å²) in [6.07, 6.45) is 1.59. The van der Waals surface area contributed by atoms with E-state index in [4.69, 9.17) is 0 Å². The van der Waals surface area contributed by atoms with E-state index in [2.05, 4.69) is 21.2 Å². The fraction of sp³-hybridized carbons (Fsp3) is 0.417. The third-order valence-electron chi connectivity index (χ3n) is 2.90. The predicted molar refractivity (Wildman–Crippen MR) is 71.3 cm³/mol. The second-order valence-corrected chi connectivity index (χ2v) is 4.93. The molecule has 0 saturated carbocycles. The van der Waals surface area contributed by atoms with Crippen LogP contribution in [0.1, 0.15) is 23.2 Å². The van der Waals surface area contributed by atoms with Gasteiger partial charge in [0, 0.05) is 10.4 Å². The van der Waals surface area contributed by atoms with Gasteiger partial charge in [0.1, 0.15) is 5.82 Å². The molecular formula is C12H14BrClFNO. The molecule has 17 heavy (non-hydrogen) atoms. The highest BCUT2D eigenvalue weighted by Crippen LogP contribution is 2.22. The SMILES string of the molecule is Cl.O=C(c1cc(Br)ccc1F)C1CCNCC1. The minimum atomic E-state index is -0.424. The minimum Gasteiger partial charge on any atom is -0.317 e. The van der Waals surface area contributed by atoms with E-state index in [-0.39, 0.29) is 29.7 Å². The molecule has 1 heterocycles. The largest absolute Gasteiger partial charge is 0.317 e. The molecule has 1 aromatic rings. The van der Waals surface area contributed by atoms with Crippen molar-refractivity contribution in [3.63, 3.8) is 0 Å². The molecule has 1 fully saturated rings. The first-order chi connectivity index (χ1) is 7.68. The molecule has 2 rings (SSSR count). The number of carbonyl (C=O) groups excluding carboxylic acids is 1. The van der Waals surface area contributed by atoms with Gasteiger partial charge in [-0.15, -0.1) is 12.4 Å². The van der Waals surface area contributed by atoms with Crippen molar-refractivity contribution in [2.75, 3.05) is 13.1 Å². The summed E-state index contributed by atoms with van der Waals surface area (Å²) in [5, 5.41) is 3.19. The Hall–Kier alpha value is -0.450. The number of piperidine rings is 1. The van der Waals surface area contributed by atoms with Gasteiger partial charge in [0.05, 0.1) is 5.56 Å². The van der Waals surface area contributed by atoms with Gasteiger partial charge in [-0.05, 0) is 44.1 Å². The van der Waals surface area contributed by atoms with Crippen LogP contribution in [0.4, 0.5) is 4.39 Å². The van der Waals surface area contributed by atoms with Gasteiger partial charge in [-0.1, -0.05) is 15.9 Å². The lowest BCUT2D eigenvalue weighted by Crippen LogP contribution is -2.32. The maximum atomic E-state index is 13.5. The van der Waals surface area contributed by atoms with Gasteiger partial charge in [-0.25, -0.2) is 4.39 Å². The van der Waals surface area contributed by atoms with Gasteiger partial charge >= 0.3 is 0 Å². The fourth-order valence-corrected chi connectivity index (χ4v) is 2.35. The van der Waals surface area contributed by atoms with Gasteiger partial charge in [-0.2, -0.15) is 0 Å². The molecule has 94 valence electrons. The van der Waals surface area contributed by atoms with Crippen LogP contribution in [0.25, 0.3) is 0 Å². The first-order valence-corrected chi connectivity index (χ1v) is 6.18. The Morgan fingerprint density at radius 3 is 2.65 bits per heavy atom. The van der Waals surface area contributed by atoms with E-state index in [1.54, 1.807) is 12.1 Å². The zero-order valence-corrected chi connectivity index (χ0v) is 11.6. The van der Waals surface area contributed by atoms with Gasteiger partial charge in [0.15, 0.2) is 5.78 Å². The van der Waals surface area contributed by atoms with Gasteiger partial charge < -0.3 is 5.32 Å². The summed E-state index contributed by atoms with van der Waals surface area (Å²) in [5.74, 6) is -0.530. The van der Waals surface area contributed by atoms with Crippen LogP contribution in [0.15, 0.2) is 22.7 Å². The van der Waals surface area contributed by atoms with E-state index in [9.17, 15) is 9.18 Å². The Labute approximate surface area is 115 Å². The summed E-state index contributed by atoms with van der Waals surface area (Å²) < 4.78 is 14.3. The highest BCUT2D eigenvalue weighted by Gasteiger charge is 2.24. The van der Waals surface area contributed by atoms with E-state index in [0.29, 0.717) is 0 Å². The number of hydrogen-bond donors (Lipinski definition) is 1. The monoisotopic (exact) mass is 321 g/mol. The quantitative estimate of drug-likeness (QED) is 0.847. The van der Waals surface area contributed by atoms with E-state index in [1.165, 1.54) is 6.07 Å². The highest BCUT2D eigenvalue weighted by molar-refractivity contribution is 9.10. The molecule has 1 aliphatic heterocycles. The van der Waals surface area contributed by atoms with E-state index in [1.807, 2.05) is 0 Å². The van der Waals surface area contributed by atoms with Crippen LogP contribution in [0.5, 0.6) is 0 Å². The number of nitrogens with one attached hydrogen (secondary N) is 1. The van der Waals surface area contributed by atoms with Crippen LogP contribution in [0.3, 0.4) is 0 Å². The molecule has 0 radical (unpaired) electrons. The highest BCUT2D eigenvalue weighted by atomic mass is 79.9. The molecule has 1 saturated heterocycles. The maximum absolute atomic E-state index is 13.5. The Balaban J connectivity index is 0.00000144. The topological polar surface area (TPSA) is 29.1 Å². The molecule has 1 aliphatic rings. The lowest BCUT2D eigenvalue weighted by atomic mass is 9.89. The van der Waals surface area contributed by atoms with Crippen LogP contribution in [-0.4, -0.2) is 18.9 Å². The zero-order chi connectivity index (χ0) is 11.5. The summed E-state index contributed by atoms with van der Waals surface area (Å²) in [4.78, 5) is 12.1. The normalized spacial score (nSPS) is 16.4. The van der Waals surface area contributed by atoms with Crippen LogP contribution < -0.4 is 5.32 Å². The predicted octanol–water partition coefficient (Wildman–Crippen LogP) is 3.19. The molecule has 0 unspecified atom stereocenters. The Morgan fingerprint density at radius 2 is 2.00 bits per heavy atom. The van der Waals surface area contributed by atoms with E-state index < -0.39 is 5.82 Å². The smallest absolute Gasteiger partial charge is 0.169 e. The minimum absolute atomic E-state index is 0. The number of ketones is 1. The Bertz CT molecular complexity index is 407. The molecule has 5 heteroatoms. The summed E-state index contributed by atoms with van der Waals surface area (Å²) in [5.41, 5.74) is 0.210. The van der Waals surface area contributed by atoms with Gasteiger partial charge in [0.2, 0.25) is 0 Å². The summed E-state index contributed by atoms with van der Waals surface area (Å²) in [6.45, 7) is 1.68. The number of Topliss-reactive ketones (excluding diaryl/α,β-unsaturated/α-hetero) is 1. The molecule has 2 nitrogen and oxygen atoms in total. The molecular weight excluding hydrogens is 308 g/mol. The van der Waals surface area contributed by atoms with Gasteiger partial charge in [-0.3, -0.25) is 4.79 Å². The second-order valence-electron chi connectivity index (χ2n) is 4.01. The van der Waals surface area contributed by atoms with Crippen molar-refractivity contribution >= 4 is 34.1 Å². The Morgan fingerprint density at radius 1 is 1.35 bits per heavy atom. The molecule has 0 bridgehead atoms. The third-order valence-corrected chi connectivity index (χ3v) is 3.40. The van der Waals surface area contributed by atoms with Crippen molar-refractivity contribution in [1.29, 1.82) is 0 Å². The van der Waals surface area contributed by atoms with Crippen LogP contribution in [0.2, 0.25) is 0 Å². The molecule has 0 aromatic heterocycles. The van der Waals surface area contributed by atoms with Crippen LogP contribution in [0, 0.1) is 11.7 Å². The maximum Gasteiger partial charge on any atom is 0.169 e. The first kappa shape index (κ1) is 14.6. The first-order valence-electron chi connectivity index (χ1n) is 5.38. The number of halogens is 3. The molecule has 0 amide bonds. The number of hydrogen-bond acceptors (Lipinski definition) is 2. The van der Waals surface area contributed by atoms with Crippen molar-refractivity contribution in [2.45, 2.75) is 12.8 Å². The van der Waals surface area contributed by atoms with Crippen molar-refractivity contribution < 1.29 is 9.18 Å². The third kappa shape index (κ3) is 3.50. The van der Waals surface area contributed by atoms with Crippen molar-refractivity contribution in [3.8, 4) is 0 Å². The standard InChI is InChI=1S/C12H13BrFNO.ClH/c13-9-1-2-11(14)10(7-9)12(16)8-3-5-15-6-4-8;/h1-2,7-8,15H,3-6H2;1H. The molecule has 0 aliphatic carbocycles. The number of benzene rings is 1. The van der Waals surface area contributed by atoms with Gasteiger partial charge in [0.25, 0.3) is 0 Å². The van der Waals surface area contributed by atoms with Crippen molar-refractivity contribution in [1.82, 2.24) is 5.32 Å². The fourth-order valence-electron chi connectivity index (χ4n) is 1.99. The van der Waals surface area contributed by atoms with E-state index >= 15 is 0 Å². The molecule has 0 spiro atoms. The summed E-state index contributed by atoms with van der Waals surface area (Å²) in [6, 6.07) is 4.51. The molecule has 0 atom stereocenters. The molecule has 1 N–H and O–H groups in total.